The van der Waals surface area contributed by atoms with E-state index >= 15 is 0 Å². The molecule has 0 fully saturated rings. The first-order chi connectivity index (χ1) is 13.9. The first-order valence-electron chi connectivity index (χ1n) is 9.09. The molecule has 3 heterocycles. The van der Waals surface area contributed by atoms with Crippen LogP contribution in [0.1, 0.15) is 0 Å². The molecule has 6 aromatic rings. The second-order valence-corrected chi connectivity index (χ2v) is 8.56. The van der Waals surface area contributed by atoms with Crippen molar-refractivity contribution in [1.29, 1.82) is 0 Å². The third-order valence-electron chi connectivity index (χ3n) is 5.06. The maximum atomic E-state index is 5.21. The van der Waals surface area contributed by atoms with Crippen LogP contribution in [0, 0.1) is 0 Å². The number of thiophene rings is 2. The Hall–Kier alpha value is -3.08. The molecular weight excluding hydrogens is 380 g/mol. The van der Waals surface area contributed by atoms with Gasteiger partial charge in [0.15, 0.2) is 0 Å². The van der Waals surface area contributed by atoms with E-state index in [2.05, 4.69) is 83.6 Å². The fraction of sp³-hybridized carbons (Fsp3) is 0. The second-order valence-electron chi connectivity index (χ2n) is 6.66. The van der Waals surface area contributed by atoms with Crippen LogP contribution in [-0.4, -0.2) is 9.97 Å². The van der Waals surface area contributed by atoms with Crippen molar-refractivity contribution in [3.63, 3.8) is 0 Å². The van der Waals surface area contributed by atoms with E-state index in [-0.39, 0.29) is 0 Å². The van der Waals surface area contributed by atoms with Crippen molar-refractivity contribution in [3.8, 4) is 21.1 Å². The van der Waals surface area contributed by atoms with E-state index in [1.165, 1.54) is 10.8 Å². The molecule has 2 nitrogen and oxygen atoms in total. The summed E-state index contributed by atoms with van der Waals surface area (Å²) < 4.78 is 0. The molecule has 0 N–H and O–H groups in total. The molecule has 6 rings (SSSR count). The molecule has 0 spiro atoms. The largest absolute Gasteiger partial charge is 0.242 e. The molecule has 3 aromatic heterocycles. The van der Waals surface area contributed by atoms with Crippen LogP contribution in [0.25, 0.3) is 53.7 Å². The summed E-state index contributed by atoms with van der Waals surface area (Å²) in [5.74, 6) is 0. The highest BCUT2D eigenvalue weighted by atomic mass is 32.1. The van der Waals surface area contributed by atoms with E-state index in [0.29, 0.717) is 0 Å². The summed E-state index contributed by atoms with van der Waals surface area (Å²) in [4.78, 5) is 12.7. The summed E-state index contributed by atoms with van der Waals surface area (Å²) >= 11 is 3.41. The van der Waals surface area contributed by atoms with E-state index in [4.69, 9.17) is 9.97 Å². The van der Waals surface area contributed by atoms with E-state index in [1.54, 1.807) is 22.7 Å². The highest BCUT2D eigenvalue weighted by molar-refractivity contribution is 7.14. The smallest absolute Gasteiger partial charge is 0.108 e. The summed E-state index contributed by atoms with van der Waals surface area (Å²) in [7, 11) is 0. The maximum absolute atomic E-state index is 5.21. The first kappa shape index (κ1) is 15.9. The lowest BCUT2D eigenvalue weighted by Gasteiger charge is -2.12. The van der Waals surface area contributed by atoms with Gasteiger partial charge in [0.25, 0.3) is 0 Å². The molecule has 0 aliphatic rings. The van der Waals surface area contributed by atoms with Crippen molar-refractivity contribution >= 4 is 55.3 Å². The predicted octanol–water partition coefficient (Wildman–Crippen LogP) is 7.39. The Balaban J connectivity index is 1.86. The lowest BCUT2D eigenvalue weighted by Crippen LogP contribution is -1.95. The van der Waals surface area contributed by atoms with E-state index in [1.807, 2.05) is 0 Å². The molecule has 0 saturated heterocycles. The van der Waals surface area contributed by atoms with Gasteiger partial charge in [-0.15, -0.1) is 22.7 Å². The van der Waals surface area contributed by atoms with Crippen LogP contribution < -0.4 is 0 Å². The molecule has 0 radical (unpaired) electrons. The third kappa shape index (κ3) is 2.32. The van der Waals surface area contributed by atoms with E-state index < -0.39 is 0 Å². The van der Waals surface area contributed by atoms with Crippen molar-refractivity contribution in [1.82, 2.24) is 9.97 Å². The number of nitrogens with zero attached hydrogens (tertiary/aromatic N) is 2. The van der Waals surface area contributed by atoms with Gasteiger partial charge in [0.05, 0.1) is 20.8 Å². The summed E-state index contributed by atoms with van der Waals surface area (Å²) in [6, 6.07) is 25.4. The Labute approximate surface area is 169 Å². The monoisotopic (exact) mass is 394 g/mol. The van der Waals surface area contributed by atoms with Crippen molar-refractivity contribution in [2.45, 2.75) is 0 Å². The van der Waals surface area contributed by atoms with Crippen LogP contribution in [0.2, 0.25) is 0 Å². The maximum Gasteiger partial charge on any atom is 0.108 e. The van der Waals surface area contributed by atoms with Crippen LogP contribution in [0.4, 0.5) is 0 Å². The lowest BCUT2D eigenvalue weighted by molar-refractivity contribution is 1.33. The molecule has 3 aromatic carbocycles. The molecular formula is C24H14N2S2. The zero-order valence-electron chi connectivity index (χ0n) is 14.8. The zero-order valence-corrected chi connectivity index (χ0v) is 16.4. The second kappa shape index (κ2) is 6.23. The standard InChI is InChI=1S/C24H14N2S2/c1-3-9-17-15(7-1)16-8-2-4-10-18(16)22-21(17)25-23(19-11-5-13-27-19)24(26-22)20-12-6-14-28-20/h1-14H. The summed E-state index contributed by atoms with van der Waals surface area (Å²) in [5.41, 5.74) is 3.87. The molecule has 28 heavy (non-hydrogen) atoms. The number of hydrogen-bond acceptors (Lipinski definition) is 4. The number of rotatable bonds is 2. The van der Waals surface area contributed by atoms with Crippen LogP contribution in [-0.2, 0) is 0 Å². The van der Waals surface area contributed by atoms with E-state index in [0.717, 1.165) is 42.9 Å². The van der Waals surface area contributed by atoms with Gasteiger partial charge in [-0.05, 0) is 33.7 Å². The highest BCUT2D eigenvalue weighted by Crippen LogP contribution is 2.39. The third-order valence-corrected chi connectivity index (χ3v) is 6.81. The van der Waals surface area contributed by atoms with Crippen molar-refractivity contribution in [3.05, 3.63) is 83.6 Å². The van der Waals surface area contributed by atoms with Gasteiger partial charge in [-0.1, -0.05) is 60.7 Å². The Kier molecular flexibility index (Phi) is 3.54. The average Bonchev–Trinajstić information content (AvgIpc) is 3.47. The Bertz CT molecular complexity index is 1340. The Morgan fingerprint density at radius 2 is 0.893 bits per heavy atom. The number of benzene rings is 3. The number of aromatic nitrogens is 2. The van der Waals surface area contributed by atoms with Crippen LogP contribution in [0.5, 0.6) is 0 Å². The molecule has 132 valence electrons. The van der Waals surface area contributed by atoms with Gasteiger partial charge in [0.2, 0.25) is 0 Å². The molecule has 0 saturated carbocycles. The van der Waals surface area contributed by atoms with E-state index in [9.17, 15) is 0 Å². The number of fused-ring (bicyclic) bond motifs is 6. The van der Waals surface area contributed by atoms with Crippen molar-refractivity contribution in [2.24, 2.45) is 0 Å². The van der Waals surface area contributed by atoms with Gasteiger partial charge in [-0.3, -0.25) is 0 Å². The quantitative estimate of drug-likeness (QED) is 0.286. The zero-order chi connectivity index (χ0) is 18.5. The molecule has 0 atom stereocenters. The highest BCUT2D eigenvalue weighted by Gasteiger charge is 2.18. The minimum absolute atomic E-state index is 0.963. The molecule has 4 heteroatoms. The molecule has 0 unspecified atom stereocenters. The molecule has 0 aliphatic heterocycles. The normalized spacial score (nSPS) is 11.6. The fourth-order valence-electron chi connectivity index (χ4n) is 3.83. The lowest BCUT2D eigenvalue weighted by atomic mass is 9.99. The van der Waals surface area contributed by atoms with Gasteiger partial charge in [-0.2, -0.15) is 0 Å². The minimum Gasteiger partial charge on any atom is -0.242 e. The topological polar surface area (TPSA) is 25.8 Å². The molecule has 0 amide bonds. The molecule has 0 aliphatic carbocycles. The fourth-order valence-corrected chi connectivity index (χ4v) is 5.26. The minimum atomic E-state index is 0.963. The van der Waals surface area contributed by atoms with Crippen molar-refractivity contribution in [2.75, 3.05) is 0 Å². The van der Waals surface area contributed by atoms with Gasteiger partial charge in [0.1, 0.15) is 11.4 Å². The van der Waals surface area contributed by atoms with Gasteiger partial charge < -0.3 is 0 Å². The summed E-state index contributed by atoms with van der Waals surface area (Å²) in [5, 5.41) is 8.94. The Morgan fingerprint density at radius 3 is 1.29 bits per heavy atom. The first-order valence-corrected chi connectivity index (χ1v) is 10.8. The average molecular weight is 395 g/mol. The van der Waals surface area contributed by atoms with Gasteiger partial charge in [-0.25, -0.2) is 9.97 Å². The number of hydrogen-bond donors (Lipinski definition) is 0. The van der Waals surface area contributed by atoms with Crippen LogP contribution in [0.3, 0.4) is 0 Å². The van der Waals surface area contributed by atoms with Crippen LogP contribution in [0.15, 0.2) is 83.6 Å². The van der Waals surface area contributed by atoms with Crippen LogP contribution >= 0.6 is 22.7 Å². The molecule has 0 bridgehead atoms. The summed E-state index contributed by atoms with van der Waals surface area (Å²) in [6.45, 7) is 0. The van der Waals surface area contributed by atoms with Gasteiger partial charge >= 0.3 is 0 Å². The SMILES string of the molecule is c1csc(-c2nc3c4ccccc4c4ccccc4c3nc2-c2cccs2)c1. The van der Waals surface area contributed by atoms with Crippen molar-refractivity contribution < 1.29 is 0 Å². The van der Waals surface area contributed by atoms with Gasteiger partial charge in [0, 0.05) is 10.8 Å². The summed E-state index contributed by atoms with van der Waals surface area (Å²) in [6.07, 6.45) is 0. The Morgan fingerprint density at radius 1 is 0.464 bits per heavy atom. The predicted molar refractivity (Wildman–Crippen MR) is 121 cm³/mol.